The molecule has 1 aromatic heterocycles. The van der Waals surface area contributed by atoms with Crippen molar-refractivity contribution < 1.29 is 23.5 Å². The van der Waals surface area contributed by atoms with Crippen LogP contribution in [0, 0.1) is 0 Å². The van der Waals surface area contributed by atoms with Crippen molar-refractivity contribution in [3.63, 3.8) is 0 Å². The van der Waals surface area contributed by atoms with Crippen molar-refractivity contribution in [2.24, 2.45) is 0 Å². The van der Waals surface area contributed by atoms with Crippen molar-refractivity contribution in [3.05, 3.63) is 54.1 Å². The van der Waals surface area contributed by atoms with Gasteiger partial charge in [0, 0.05) is 5.56 Å². The van der Waals surface area contributed by atoms with Gasteiger partial charge in [0.15, 0.2) is 0 Å². The van der Waals surface area contributed by atoms with Crippen LogP contribution in [0.4, 0.5) is 5.69 Å². The molecule has 150 valence electrons. The number of rotatable bonds is 8. The maximum atomic E-state index is 12.3. The molecule has 0 bridgehead atoms. The van der Waals surface area contributed by atoms with Crippen LogP contribution in [0.3, 0.4) is 0 Å². The van der Waals surface area contributed by atoms with Gasteiger partial charge < -0.3 is 19.2 Å². The quantitative estimate of drug-likeness (QED) is 0.441. The summed E-state index contributed by atoms with van der Waals surface area (Å²) in [5, 5.41) is 10.9. The largest absolute Gasteiger partial charge is 0.497 e. The first-order chi connectivity index (χ1) is 14.1. The molecule has 0 spiro atoms. The van der Waals surface area contributed by atoms with E-state index in [1.54, 1.807) is 62.6 Å². The number of carbonyl (C=O) groups excluding carboxylic acids is 2. The number of thioether (sulfide) groups is 1. The number of esters is 1. The second-order valence-electron chi connectivity index (χ2n) is 5.70. The van der Waals surface area contributed by atoms with Gasteiger partial charge in [-0.1, -0.05) is 23.9 Å². The van der Waals surface area contributed by atoms with Crippen LogP contribution in [0.2, 0.25) is 0 Å². The Bertz CT molecular complexity index is 988. The number of para-hydroxylation sites is 1. The summed E-state index contributed by atoms with van der Waals surface area (Å²) in [6.45, 7) is 1.98. The standard InChI is InChI=1S/C20H19N3O5S/c1-3-27-19(25)15-6-4-5-7-16(15)21-17(24)12-29-20-23-22-18(28-20)13-8-10-14(26-2)11-9-13/h4-11H,3,12H2,1-2H3,(H,21,24). The van der Waals surface area contributed by atoms with Crippen LogP contribution in [0.5, 0.6) is 5.75 Å². The predicted molar refractivity (Wildman–Crippen MR) is 108 cm³/mol. The molecule has 0 fully saturated rings. The van der Waals surface area contributed by atoms with E-state index in [1.807, 2.05) is 0 Å². The lowest BCUT2D eigenvalue weighted by Crippen LogP contribution is -2.17. The van der Waals surface area contributed by atoms with Gasteiger partial charge in [0.05, 0.1) is 30.7 Å². The Morgan fingerprint density at radius 2 is 1.86 bits per heavy atom. The number of hydrogen-bond donors (Lipinski definition) is 1. The number of methoxy groups -OCH3 is 1. The van der Waals surface area contributed by atoms with Gasteiger partial charge in [0.2, 0.25) is 11.8 Å². The van der Waals surface area contributed by atoms with E-state index in [2.05, 4.69) is 15.5 Å². The minimum absolute atomic E-state index is 0.0431. The molecule has 2 aromatic carbocycles. The molecule has 1 heterocycles. The third-order valence-corrected chi connectivity index (χ3v) is 4.59. The van der Waals surface area contributed by atoms with Crippen molar-refractivity contribution in [3.8, 4) is 17.2 Å². The monoisotopic (exact) mass is 413 g/mol. The predicted octanol–water partition coefficient (Wildman–Crippen LogP) is 3.65. The SMILES string of the molecule is CCOC(=O)c1ccccc1NC(=O)CSc1nnc(-c2ccc(OC)cc2)o1. The van der Waals surface area contributed by atoms with Crippen molar-refractivity contribution in [2.45, 2.75) is 12.1 Å². The molecule has 8 nitrogen and oxygen atoms in total. The first kappa shape index (κ1) is 20.4. The van der Waals surface area contributed by atoms with Gasteiger partial charge in [-0.25, -0.2) is 4.79 Å². The van der Waals surface area contributed by atoms with Gasteiger partial charge in [0.1, 0.15) is 5.75 Å². The Morgan fingerprint density at radius 3 is 2.59 bits per heavy atom. The number of nitrogens with zero attached hydrogens (tertiary/aromatic N) is 2. The Balaban J connectivity index is 1.59. The molecule has 29 heavy (non-hydrogen) atoms. The minimum atomic E-state index is -0.489. The molecular weight excluding hydrogens is 394 g/mol. The molecule has 3 aromatic rings. The van der Waals surface area contributed by atoms with Crippen molar-refractivity contribution >= 4 is 29.3 Å². The van der Waals surface area contributed by atoms with E-state index in [9.17, 15) is 9.59 Å². The number of hydrogen-bond acceptors (Lipinski definition) is 8. The lowest BCUT2D eigenvalue weighted by atomic mass is 10.2. The normalized spacial score (nSPS) is 10.4. The van der Waals surface area contributed by atoms with E-state index in [-0.39, 0.29) is 23.5 Å². The van der Waals surface area contributed by atoms with Crippen LogP contribution in [-0.2, 0) is 9.53 Å². The van der Waals surface area contributed by atoms with Crippen molar-refractivity contribution in [1.29, 1.82) is 0 Å². The Hall–Kier alpha value is -3.33. The average molecular weight is 413 g/mol. The molecule has 0 aliphatic heterocycles. The number of anilines is 1. The second kappa shape index (κ2) is 9.74. The van der Waals surface area contributed by atoms with Gasteiger partial charge in [-0.2, -0.15) is 0 Å². The number of carbonyl (C=O) groups is 2. The summed E-state index contributed by atoms with van der Waals surface area (Å²) in [7, 11) is 1.59. The van der Waals surface area contributed by atoms with Crippen LogP contribution in [-0.4, -0.2) is 41.5 Å². The molecule has 0 saturated carbocycles. The summed E-state index contributed by atoms with van der Waals surface area (Å²) in [4.78, 5) is 24.3. The highest BCUT2D eigenvalue weighted by Gasteiger charge is 2.15. The lowest BCUT2D eigenvalue weighted by molar-refractivity contribution is -0.113. The van der Waals surface area contributed by atoms with Gasteiger partial charge in [-0.05, 0) is 43.3 Å². The van der Waals surface area contributed by atoms with Crippen LogP contribution in [0.15, 0.2) is 58.2 Å². The van der Waals surface area contributed by atoms with Gasteiger partial charge in [0.25, 0.3) is 5.22 Å². The maximum Gasteiger partial charge on any atom is 0.340 e. The molecule has 1 N–H and O–H groups in total. The summed E-state index contributed by atoms with van der Waals surface area (Å²) in [6, 6.07) is 13.9. The van der Waals surface area contributed by atoms with Gasteiger partial charge in [-0.15, -0.1) is 10.2 Å². The highest BCUT2D eigenvalue weighted by molar-refractivity contribution is 7.99. The molecule has 0 atom stereocenters. The molecule has 0 unspecified atom stereocenters. The highest BCUT2D eigenvalue weighted by Crippen LogP contribution is 2.25. The topological polar surface area (TPSA) is 104 Å². The van der Waals surface area contributed by atoms with E-state index < -0.39 is 5.97 Å². The number of ether oxygens (including phenoxy) is 2. The van der Waals surface area contributed by atoms with Crippen molar-refractivity contribution in [1.82, 2.24) is 10.2 Å². The highest BCUT2D eigenvalue weighted by atomic mass is 32.2. The first-order valence-electron chi connectivity index (χ1n) is 8.77. The summed E-state index contributed by atoms with van der Waals surface area (Å²) in [5.41, 5.74) is 1.44. The first-order valence-corrected chi connectivity index (χ1v) is 9.76. The Morgan fingerprint density at radius 1 is 1.10 bits per heavy atom. The number of aromatic nitrogens is 2. The number of amides is 1. The zero-order valence-electron chi connectivity index (χ0n) is 15.9. The Kier molecular flexibility index (Phi) is 6.85. The minimum Gasteiger partial charge on any atom is -0.497 e. The number of benzene rings is 2. The molecule has 1 amide bonds. The third-order valence-electron chi connectivity index (χ3n) is 3.77. The van der Waals surface area contributed by atoms with E-state index >= 15 is 0 Å². The second-order valence-corrected chi connectivity index (χ2v) is 6.63. The number of nitrogens with one attached hydrogen (secondary N) is 1. The van der Waals surface area contributed by atoms with Crippen LogP contribution < -0.4 is 10.1 Å². The molecular formula is C20H19N3O5S. The molecule has 0 aliphatic rings. The summed E-state index contributed by atoms with van der Waals surface area (Å²) < 4.78 is 15.7. The molecule has 0 aliphatic carbocycles. The fourth-order valence-corrected chi connectivity index (χ4v) is 2.97. The van der Waals surface area contributed by atoms with Gasteiger partial charge in [-0.3, -0.25) is 4.79 Å². The maximum absolute atomic E-state index is 12.3. The molecule has 3 rings (SSSR count). The summed E-state index contributed by atoms with van der Waals surface area (Å²) in [6.07, 6.45) is 0. The van der Waals surface area contributed by atoms with Gasteiger partial charge >= 0.3 is 5.97 Å². The summed E-state index contributed by atoms with van der Waals surface area (Å²) in [5.74, 6) is 0.320. The molecule has 0 saturated heterocycles. The van der Waals surface area contributed by atoms with Crippen molar-refractivity contribution in [2.75, 3.05) is 24.8 Å². The van der Waals surface area contributed by atoms with E-state index in [0.29, 0.717) is 17.1 Å². The average Bonchev–Trinajstić information content (AvgIpc) is 3.22. The lowest BCUT2D eigenvalue weighted by Gasteiger charge is -2.09. The van der Waals surface area contributed by atoms with Crippen LogP contribution >= 0.6 is 11.8 Å². The molecule has 9 heteroatoms. The van der Waals surface area contributed by atoms with E-state index in [4.69, 9.17) is 13.9 Å². The van der Waals surface area contributed by atoms with E-state index in [1.165, 1.54) is 0 Å². The third kappa shape index (κ3) is 5.35. The van der Waals surface area contributed by atoms with E-state index in [0.717, 1.165) is 23.1 Å². The molecule has 0 radical (unpaired) electrons. The van der Waals surface area contributed by atoms with Crippen LogP contribution in [0.25, 0.3) is 11.5 Å². The van der Waals surface area contributed by atoms with Crippen LogP contribution in [0.1, 0.15) is 17.3 Å². The summed E-state index contributed by atoms with van der Waals surface area (Å²) >= 11 is 1.10. The fraction of sp³-hybridized carbons (Fsp3) is 0.200. The Labute approximate surface area is 171 Å². The smallest absolute Gasteiger partial charge is 0.340 e. The zero-order valence-corrected chi connectivity index (χ0v) is 16.7. The zero-order chi connectivity index (χ0) is 20.6. The fourth-order valence-electron chi connectivity index (χ4n) is 2.41.